The summed E-state index contributed by atoms with van der Waals surface area (Å²) in [7, 11) is 1.65. The molecule has 0 saturated heterocycles. The van der Waals surface area contributed by atoms with Crippen molar-refractivity contribution >= 4 is 34.1 Å². The second-order valence-corrected chi connectivity index (χ2v) is 8.68. The second-order valence-electron chi connectivity index (χ2n) is 8.24. The predicted octanol–water partition coefficient (Wildman–Crippen LogP) is 7.19. The normalized spacial score (nSPS) is 11.5. The van der Waals surface area contributed by atoms with Crippen LogP contribution in [0, 0.1) is 6.92 Å². The van der Waals surface area contributed by atoms with Gasteiger partial charge >= 0.3 is 0 Å². The maximum atomic E-state index is 12.7. The average molecular weight is 490 g/mol. The van der Waals surface area contributed by atoms with Crippen molar-refractivity contribution in [2.45, 2.75) is 27.3 Å². The van der Waals surface area contributed by atoms with Gasteiger partial charge in [0.1, 0.15) is 17.1 Å². The molecule has 1 amide bonds. The molecule has 1 aromatic heterocycles. The minimum Gasteiger partial charge on any atom is -0.497 e. The number of nitrogens with one attached hydrogen (secondary N) is 1. The minimum atomic E-state index is -0.183. The van der Waals surface area contributed by atoms with E-state index >= 15 is 0 Å². The van der Waals surface area contributed by atoms with E-state index < -0.39 is 0 Å². The quantitative estimate of drug-likeness (QED) is 0.266. The molecule has 4 rings (SSSR count). The van der Waals surface area contributed by atoms with Crippen molar-refractivity contribution in [3.63, 3.8) is 0 Å². The summed E-state index contributed by atoms with van der Waals surface area (Å²) in [6.45, 7) is 6.74. The highest BCUT2D eigenvalue weighted by molar-refractivity contribution is 6.30. The molecule has 0 aliphatic heterocycles. The Morgan fingerprint density at radius 2 is 1.91 bits per heavy atom. The number of halogens is 1. The molecule has 0 fully saturated rings. The molecule has 35 heavy (non-hydrogen) atoms. The third kappa shape index (κ3) is 5.36. The number of hydrogen-bond acceptors (Lipinski definition) is 4. The van der Waals surface area contributed by atoms with E-state index in [-0.39, 0.29) is 5.91 Å². The van der Waals surface area contributed by atoms with E-state index in [1.165, 1.54) is 0 Å². The molecule has 0 atom stereocenters. The first-order valence-electron chi connectivity index (χ1n) is 11.4. The number of methoxy groups -OCH3 is 1. The van der Waals surface area contributed by atoms with Crippen molar-refractivity contribution in [3.05, 3.63) is 88.6 Å². The number of allylic oxidation sites excluding steroid dienone is 1. The number of ether oxygens (including phenoxy) is 2. The SMILES string of the molecule is CCOc1c(/C(C)=C/C(=O)NCc2ccc(Cl)cc2)cc2c(-c3cccc(OC)c3)coc2c1C. The second kappa shape index (κ2) is 10.7. The van der Waals surface area contributed by atoms with Crippen LogP contribution in [0.2, 0.25) is 5.02 Å². The summed E-state index contributed by atoms with van der Waals surface area (Å²) < 4.78 is 17.4. The predicted molar refractivity (Wildman–Crippen MR) is 141 cm³/mol. The van der Waals surface area contributed by atoms with Gasteiger partial charge in [0.2, 0.25) is 5.91 Å². The van der Waals surface area contributed by atoms with Gasteiger partial charge in [-0.1, -0.05) is 35.9 Å². The first-order valence-corrected chi connectivity index (χ1v) is 11.8. The molecule has 180 valence electrons. The highest BCUT2D eigenvalue weighted by Crippen LogP contribution is 2.41. The highest BCUT2D eigenvalue weighted by Gasteiger charge is 2.19. The van der Waals surface area contributed by atoms with Crippen molar-refractivity contribution in [1.82, 2.24) is 5.32 Å². The van der Waals surface area contributed by atoms with Crippen LogP contribution in [0.1, 0.15) is 30.5 Å². The van der Waals surface area contributed by atoms with Crippen molar-refractivity contribution < 1.29 is 18.7 Å². The summed E-state index contributed by atoms with van der Waals surface area (Å²) in [5.74, 6) is 1.30. The highest BCUT2D eigenvalue weighted by atomic mass is 35.5. The largest absolute Gasteiger partial charge is 0.497 e. The summed E-state index contributed by atoms with van der Waals surface area (Å²) in [6, 6.07) is 17.3. The number of rotatable bonds is 8. The number of carbonyl (C=O) groups excluding carboxylic acids is 1. The first kappa shape index (κ1) is 24.4. The Kier molecular flexibility index (Phi) is 7.47. The summed E-state index contributed by atoms with van der Waals surface area (Å²) in [5.41, 5.74) is 6.21. The average Bonchev–Trinajstić information content (AvgIpc) is 3.29. The topological polar surface area (TPSA) is 60.7 Å². The number of benzene rings is 3. The van der Waals surface area contributed by atoms with Crippen molar-refractivity contribution in [2.24, 2.45) is 0 Å². The number of amides is 1. The molecule has 0 aliphatic rings. The lowest BCUT2D eigenvalue weighted by atomic mass is 9.96. The maximum Gasteiger partial charge on any atom is 0.244 e. The van der Waals surface area contributed by atoms with E-state index in [1.54, 1.807) is 31.6 Å². The Morgan fingerprint density at radius 1 is 1.14 bits per heavy atom. The summed E-state index contributed by atoms with van der Waals surface area (Å²) in [6.07, 6.45) is 3.36. The van der Waals surface area contributed by atoms with Gasteiger partial charge in [-0.15, -0.1) is 0 Å². The van der Waals surface area contributed by atoms with E-state index in [1.807, 2.05) is 63.2 Å². The maximum absolute atomic E-state index is 12.7. The third-order valence-corrected chi connectivity index (χ3v) is 6.12. The molecule has 0 radical (unpaired) electrons. The van der Waals surface area contributed by atoms with Gasteiger partial charge in [-0.25, -0.2) is 0 Å². The van der Waals surface area contributed by atoms with Crippen molar-refractivity contribution in [3.8, 4) is 22.6 Å². The summed E-state index contributed by atoms with van der Waals surface area (Å²) in [4.78, 5) is 12.7. The number of carbonyl (C=O) groups is 1. The fourth-order valence-corrected chi connectivity index (χ4v) is 4.20. The number of aryl methyl sites for hydroxylation is 1. The smallest absolute Gasteiger partial charge is 0.244 e. The van der Waals surface area contributed by atoms with Crippen LogP contribution in [0.25, 0.3) is 27.7 Å². The van der Waals surface area contributed by atoms with Crippen LogP contribution in [0.5, 0.6) is 11.5 Å². The Morgan fingerprint density at radius 3 is 2.63 bits per heavy atom. The lowest BCUT2D eigenvalue weighted by molar-refractivity contribution is -0.116. The van der Waals surface area contributed by atoms with Gasteiger partial charge in [0.25, 0.3) is 0 Å². The zero-order valence-electron chi connectivity index (χ0n) is 20.3. The van der Waals surface area contributed by atoms with Gasteiger partial charge < -0.3 is 19.2 Å². The Hall–Kier alpha value is -3.70. The van der Waals surface area contributed by atoms with Gasteiger partial charge in [-0.05, 0) is 67.8 Å². The van der Waals surface area contributed by atoms with E-state index in [0.29, 0.717) is 23.9 Å². The van der Waals surface area contributed by atoms with E-state index in [4.69, 9.17) is 25.5 Å². The fourth-order valence-electron chi connectivity index (χ4n) is 4.07. The van der Waals surface area contributed by atoms with E-state index in [2.05, 4.69) is 5.32 Å². The van der Waals surface area contributed by atoms with Gasteiger partial charge in [-0.3, -0.25) is 4.79 Å². The lowest BCUT2D eigenvalue weighted by Gasteiger charge is -2.15. The zero-order valence-corrected chi connectivity index (χ0v) is 21.0. The molecule has 4 aromatic rings. The van der Waals surface area contributed by atoms with E-state index in [9.17, 15) is 4.79 Å². The molecular formula is C29H28ClNO4. The molecule has 0 unspecified atom stereocenters. The molecule has 0 bridgehead atoms. The van der Waals surface area contributed by atoms with Crippen LogP contribution in [0.15, 0.2) is 71.4 Å². The Labute approximate surface area is 210 Å². The Balaban J connectivity index is 1.70. The van der Waals surface area contributed by atoms with Gasteiger partial charge in [-0.2, -0.15) is 0 Å². The van der Waals surface area contributed by atoms with Crippen molar-refractivity contribution in [1.29, 1.82) is 0 Å². The summed E-state index contributed by atoms with van der Waals surface area (Å²) >= 11 is 5.94. The van der Waals surface area contributed by atoms with Gasteiger partial charge in [0, 0.05) is 39.7 Å². The molecule has 1 heterocycles. The number of fused-ring (bicyclic) bond motifs is 1. The number of hydrogen-bond donors (Lipinski definition) is 1. The standard InChI is InChI=1S/C29H28ClNO4/c1-5-34-28-19(3)29-25(26(17-35-29)21-7-6-8-23(14-21)33-4)15-24(28)18(2)13-27(32)31-16-20-9-11-22(30)12-10-20/h6-15,17H,5,16H2,1-4H3,(H,31,32)/b18-13+. The third-order valence-electron chi connectivity index (χ3n) is 5.87. The summed E-state index contributed by atoms with van der Waals surface area (Å²) in [5, 5.41) is 4.55. The van der Waals surface area contributed by atoms with Crippen LogP contribution in [0.4, 0.5) is 0 Å². The minimum absolute atomic E-state index is 0.183. The molecule has 0 saturated carbocycles. The lowest BCUT2D eigenvalue weighted by Crippen LogP contribution is -2.20. The van der Waals surface area contributed by atoms with Gasteiger partial charge in [0.15, 0.2) is 0 Å². The van der Waals surface area contributed by atoms with E-state index in [0.717, 1.165) is 50.1 Å². The van der Waals surface area contributed by atoms with Crippen LogP contribution in [-0.4, -0.2) is 19.6 Å². The first-order chi connectivity index (χ1) is 16.9. The molecule has 6 heteroatoms. The van der Waals surface area contributed by atoms with Crippen LogP contribution < -0.4 is 14.8 Å². The fraction of sp³-hybridized carbons (Fsp3) is 0.207. The molecular weight excluding hydrogens is 462 g/mol. The van der Waals surface area contributed by atoms with Crippen LogP contribution in [0.3, 0.4) is 0 Å². The zero-order chi connectivity index (χ0) is 24.9. The van der Waals surface area contributed by atoms with Crippen LogP contribution >= 0.6 is 11.6 Å². The monoisotopic (exact) mass is 489 g/mol. The molecule has 5 nitrogen and oxygen atoms in total. The molecule has 0 spiro atoms. The van der Waals surface area contributed by atoms with Crippen LogP contribution in [-0.2, 0) is 11.3 Å². The van der Waals surface area contributed by atoms with Crippen molar-refractivity contribution in [2.75, 3.05) is 13.7 Å². The molecule has 3 aromatic carbocycles. The van der Waals surface area contributed by atoms with Gasteiger partial charge in [0.05, 0.1) is 20.0 Å². The number of furan rings is 1. The molecule has 1 N–H and O–H groups in total. The Bertz CT molecular complexity index is 1390. The molecule has 0 aliphatic carbocycles.